The van der Waals surface area contributed by atoms with Crippen LogP contribution in [0.4, 0.5) is 0 Å². The summed E-state index contributed by atoms with van der Waals surface area (Å²) in [5, 5.41) is 0. The maximum absolute atomic E-state index is 12.4. The van der Waals surface area contributed by atoms with E-state index in [0.29, 0.717) is 5.56 Å². The molecule has 0 aliphatic rings. The third-order valence-corrected chi connectivity index (χ3v) is 5.57. The van der Waals surface area contributed by atoms with Crippen LogP contribution in [-0.4, -0.2) is 29.6 Å². The standard InChI is InChI=1S/C20H23N3O3S/c1-2-3-13-19-21-17-11-7-8-12-18(17)23(19)14-15-27(25,26)22-20(24)16-9-5-4-6-10-16/h4-12H,2-3,13-15H2,1H3,(H,22,24). The van der Waals surface area contributed by atoms with E-state index in [1.807, 2.05) is 28.8 Å². The molecular weight excluding hydrogens is 362 g/mol. The molecule has 1 amide bonds. The number of carbonyl (C=O) groups excluding carboxylic acids is 1. The highest BCUT2D eigenvalue weighted by Crippen LogP contribution is 2.18. The van der Waals surface area contributed by atoms with Gasteiger partial charge in [-0.25, -0.2) is 18.1 Å². The van der Waals surface area contributed by atoms with Gasteiger partial charge >= 0.3 is 0 Å². The van der Waals surface area contributed by atoms with Gasteiger partial charge in [0.15, 0.2) is 0 Å². The Balaban J connectivity index is 1.76. The van der Waals surface area contributed by atoms with Crippen LogP contribution in [0.2, 0.25) is 0 Å². The minimum atomic E-state index is -3.76. The zero-order chi connectivity index (χ0) is 19.3. The highest BCUT2D eigenvalue weighted by atomic mass is 32.2. The molecule has 2 aromatic carbocycles. The Kier molecular flexibility index (Phi) is 5.91. The Hall–Kier alpha value is -2.67. The Morgan fingerprint density at radius 3 is 2.52 bits per heavy atom. The average Bonchev–Trinajstić information content (AvgIpc) is 3.02. The molecule has 1 heterocycles. The summed E-state index contributed by atoms with van der Waals surface area (Å²) < 4.78 is 28.9. The summed E-state index contributed by atoms with van der Waals surface area (Å²) >= 11 is 0. The lowest BCUT2D eigenvalue weighted by molar-refractivity contribution is 0.0981. The number of hydrogen-bond acceptors (Lipinski definition) is 4. The van der Waals surface area contributed by atoms with Gasteiger partial charge in [0.2, 0.25) is 10.0 Å². The molecule has 0 saturated heterocycles. The van der Waals surface area contributed by atoms with Crippen molar-refractivity contribution in [1.82, 2.24) is 14.3 Å². The van der Waals surface area contributed by atoms with Crippen molar-refractivity contribution in [1.29, 1.82) is 0 Å². The second-order valence-electron chi connectivity index (χ2n) is 6.39. The summed E-state index contributed by atoms with van der Waals surface area (Å²) in [6.07, 6.45) is 2.82. The fraction of sp³-hybridized carbons (Fsp3) is 0.300. The van der Waals surface area contributed by atoms with E-state index in [9.17, 15) is 13.2 Å². The van der Waals surface area contributed by atoms with Crippen LogP contribution in [0.5, 0.6) is 0 Å². The van der Waals surface area contributed by atoms with E-state index in [1.54, 1.807) is 30.3 Å². The van der Waals surface area contributed by atoms with E-state index in [-0.39, 0.29) is 12.3 Å². The molecule has 3 aromatic rings. The van der Waals surface area contributed by atoms with E-state index < -0.39 is 15.9 Å². The quantitative estimate of drug-likeness (QED) is 0.646. The summed E-state index contributed by atoms with van der Waals surface area (Å²) in [6, 6.07) is 16.0. The first-order chi connectivity index (χ1) is 13.0. The highest BCUT2D eigenvalue weighted by Gasteiger charge is 2.18. The van der Waals surface area contributed by atoms with Crippen LogP contribution in [0.25, 0.3) is 11.0 Å². The summed E-state index contributed by atoms with van der Waals surface area (Å²) in [4.78, 5) is 16.8. The molecule has 0 saturated carbocycles. The molecule has 0 radical (unpaired) electrons. The predicted molar refractivity (Wildman–Crippen MR) is 106 cm³/mol. The monoisotopic (exact) mass is 385 g/mol. The molecular formula is C20H23N3O3S. The van der Waals surface area contributed by atoms with Gasteiger partial charge in [-0.15, -0.1) is 0 Å². The van der Waals surface area contributed by atoms with Gasteiger partial charge in [-0.05, 0) is 30.7 Å². The van der Waals surface area contributed by atoms with Gasteiger partial charge in [0.1, 0.15) is 5.82 Å². The smallest absolute Gasteiger partial charge is 0.264 e. The zero-order valence-electron chi connectivity index (χ0n) is 15.3. The van der Waals surface area contributed by atoms with Crippen LogP contribution in [0.15, 0.2) is 54.6 Å². The first-order valence-electron chi connectivity index (χ1n) is 9.04. The molecule has 142 valence electrons. The van der Waals surface area contributed by atoms with Gasteiger partial charge in [-0.3, -0.25) is 4.79 Å². The number of aromatic nitrogens is 2. The van der Waals surface area contributed by atoms with Crippen molar-refractivity contribution in [2.45, 2.75) is 32.7 Å². The lowest BCUT2D eigenvalue weighted by atomic mass is 10.2. The van der Waals surface area contributed by atoms with Crippen LogP contribution in [0.3, 0.4) is 0 Å². The molecule has 27 heavy (non-hydrogen) atoms. The number of unbranched alkanes of at least 4 members (excludes halogenated alkanes) is 1. The van der Waals surface area contributed by atoms with Crippen molar-refractivity contribution in [3.8, 4) is 0 Å². The third-order valence-electron chi connectivity index (χ3n) is 4.36. The van der Waals surface area contributed by atoms with Crippen LogP contribution < -0.4 is 4.72 Å². The second-order valence-corrected chi connectivity index (χ2v) is 8.23. The van der Waals surface area contributed by atoms with Crippen molar-refractivity contribution in [2.75, 3.05) is 5.75 Å². The summed E-state index contributed by atoms with van der Waals surface area (Å²) in [5.41, 5.74) is 2.08. The number of amides is 1. The number of rotatable bonds is 8. The SMILES string of the molecule is CCCCc1nc2ccccc2n1CCS(=O)(=O)NC(=O)c1ccccc1. The van der Waals surface area contributed by atoms with Gasteiger partial charge in [-0.1, -0.05) is 43.7 Å². The molecule has 0 spiro atoms. The molecule has 0 unspecified atom stereocenters. The van der Waals surface area contributed by atoms with E-state index in [1.165, 1.54) is 0 Å². The number of para-hydroxylation sites is 2. The summed E-state index contributed by atoms with van der Waals surface area (Å²) in [5.74, 6) is 0.0744. The van der Waals surface area contributed by atoms with Crippen LogP contribution in [-0.2, 0) is 23.0 Å². The number of benzene rings is 2. The Labute approximate surface area is 159 Å². The molecule has 0 fully saturated rings. The largest absolute Gasteiger partial charge is 0.327 e. The Morgan fingerprint density at radius 2 is 1.78 bits per heavy atom. The van der Waals surface area contributed by atoms with Gasteiger partial charge in [0.05, 0.1) is 16.8 Å². The van der Waals surface area contributed by atoms with Gasteiger partial charge in [0, 0.05) is 18.5 Å². The van der Waals surface area contributed by atoms with Crippen molar-refractivity contribution in [2.24, 2.45) is 0 Å². The van der Waals surface area contributed by atoms with Crippen molar-refractivity contribution >= 4 is 27.0 Å². The molecule has 0 aliphatic heterocycles. The lowest BCUT2D eigenvalue weighted by Gasteiger charge is -2.11. The molecule has 1 aromatic heterocycles. The highest BCUT2D eigenvalue weighted by molar-refractivity contribution is 7.90. The van der Waals surface area contributed by atoms with E-state index in [4.69, 9.17) is 0 Å². The molecule has 3 rings (SSSR count). The second kappa shape index (κ2) is 8.35. The topological polar surface area (TPSA) is 81.1 Å². The average molecular weight is 385 g/mol. The van der Waals surface area contributed by atoms with Crippen LogP contribution in [0, 0.1) is 0 Å². The van der Waals surface area contributed by atoms with Crippen molar-refractivity contribution in [3.05, 3.63) is 66.0 Å². The van der Waals surface area contributed by atoms with E-state index in [0.717, 1.165) is 36.1 Å². The Morgan fingerprint density at radius 1 is 1.07 bits per heavy atom. The molecule has 0 aliphatic carbocycles. The third kappa shape index (κ3) is 4.74. The van der Waals surface area contributed by atoms with Crippen LogP contribution in [0.1, 0.15) is 35.9 Å². The first kappa shape index (κ1) is 19.1. The number of fused-ring (bicyclic) bond motifs is 1. The number of nitrogens with zero attached hydrogens (tertiary/aromatic N) is 2. The van der Waals surface area contributed by atoms with Gasteiger partial charge in [0.25, 0.3) is 5.91 Å². The molecule has 0 bridgehead atoms. The molecule has 0 atom stereocenters. The summed E-state index contributed by atoms with van der Waals surface area (Å²) in [6.45, 7) is 2.35. The molecule has 6 nitrogen and oxygen atoms in total. The fourth-order valence-electron chi connectivity index (χ4n) is 2.95. The van der Waals surface area contributed by atoms with Crippen molar-refractivity contribution in [3.63, 3.8) is 0 Å². The van der Waals surface area contributed by atoms with Crippen molar-refractivity contribution < 1.29 is 13.2 Å². The number of nitrogens with one attached hydrogen (secondary N) is 1. The minimum absolute atomic E-state index is 0.189. The number of carbonyl (C=O) groups is 1. The Bertz CT molecular complexity index is 1030. The molecule has 7 heteroatoms. The first-order valence-corrected chi connectivity index (χ1v) is 10.7. The van der Waals surface area contributed by atoms with E-state index >= 15 is 0 Å². The van der Waals surface area contributed by atoms with Crippen LogP contribution >= 0.6 is 0 Å². The maximum Gasteiger partial charge on any atom is 0.264 e. The normalized spacial score (nSPS) is 11.6. The maximum atomic E-state index is 12.4. The number of hydrogen-bond donors (Lipinski definition) is 1. The minimum Gasteiger partial charge on any atom is -0.327 e. The number of imidazole rings is 1. The zero-order valence-corrected chi connectivity index (χ0v) is 16.1. The predicted octanol–water partition coefficient (Wildman–Crippen LogP) is 3.14. The van der Waals surface area contributed by atoms with Gasteiger partial charge < -0.3 is 4.57 Å². The number of aryl methyl sites for hydroxylation is 2. The van der Waals surface area contributed by atoms with E-state index in [2.05, 4.69) is 16.6 Å². The summed E-state index contributed by atoms with van der Waals surface area (Å²) in [7, 11) is -3.76. The number of sulfonamides is 1. The fourth-order valence-corrected chi connectivity index (χ4v) is 3.88. The lowest BCUT2D eigenvalue weighted by Crippen LogP contribution is -2.33. The van der Waals surface area contributed by atoms with Gasteiger partial charge in [-0.2, -0.15) is 0 Å². The molecule has 1 N–H and O–H groups in total.